The van der Waals surface area contributed by atoms with Gasteiger partial charge in [-0.1, -0.05) is 17.4 Å². The number of anilines is 1. The van der Waals surface area contributed by atoms with E-state index in [0.29, 0.717) is 22.2 Å². The van der Waals surface area contributed by atoms with Crippen LogP contribution in [0, 0.1) is 13.8 Å². The van der Waals surface area contributed by atoms with E-state index < -0.39 is 0 Å². The number of hydrogen-bond acceptors (Lipinski definition) is 5. The van der Waals surface area contributed by atoms with Gasteiger partial charge in [0.2, 0.25) is 5.13 Å². The molecule has 0 saturated carbocycles. The molecule has 2 rings (SSSR count). The molecule has 0 radical (unpaired) electrons. The van der Waals surface area contributed by atoms with Crippen molar-refractivity contribution in [1.29, 1.82) is 0 Å². The number of hydrogen-bond donors (Lipinski definition) is 2. The standard InChI is InChI=1S/C12H14N4OS/c1-7-3-4-9(5-8(7)2)11(17)14-6-10-15-16-12(13)18-10/h3-5H,6H2,1-2H3,(H2,13,16)(H,14,17). The Morgan fingerprint density at radius 1 is 1.33 bits per heavy atom. The second-order valence-electron chi connectivity index (χ2n) is 4.02. The topological polar surface area (TPSA) is 80.9 Å². The van der Waals surface area contributed by atoms with Crippen LogP contribution in [0.2, 0.25) is 0 Å². The van der Waals surface area contributed by atoms with Crippen LogP contribution in [-0.2, 0) is 6.54 Å². The predicted molar refractivity (Wildman–Crippen MR) is 71.4 cm³/mol. The maximum Gasteiger partial charge on any atom is 0.251 e. The van der Waals surface area contributed by atoms with Gasteiger partial charge in [-0.15, -0.1) is 10.2 Å². The van der Waals surface area contributed by atoms with Crippen LogP contribution in [-0.4, -0.2) is 16.1 Å². The van der Waals surface area contributed by atoms with E-state index in [2.05, 4.69) is 15.5 Å². The fourth-order valence-electron chi connectivity index (χ4n) is 1.48. The summed E-state index contributed by atoms with van der Waals surface area (Å²) in [5.41, 5.74) is 8.38. The van der Waals surface area contributed by atoms with Crippen molar-refractivity contribution in [1.82, 2.24) is 15.5 Å². The summed E-state index contributed by atoms with van der Waals surface area (Å²) in [6.07, 6.45) is 0. The lowest BCUT2D eigenvalue weighted by atomic mass is 10.1. The maximum atomic E-state index is 11.9. The van der Waals surface area contributed by atoms with Gasteiger partial charge in [0, 0.05) is 5.56 Å². The fourth-order valence-corrected chi connectivity index (χ4v) is 2.03. The van der Waals surface area contributed by atoms with Gasteiger partial charge in [0.15, 0.2) is 0 Å². The molecule has 1 amide bonds. The highest BCUT2D eigenvalue weighted by atomic mass is 32.1. The minimum atomic E-state index is -0.119. The molecule has 5 nitrogen and oxygen atoms in total. The van der Waals surface area contributed by atoms with Crippen molar-refractivity contribution in [2.24, 2.45) is 0 Å². The Hall–Kier alpha value is -1.95. The molecule has 0 aliphatic carbocycles. The Balaban J connectivity index is 2.01. The molecule has 0 fully saturated rings. The van der Waals surface area contributed by atoms with Crippen LogP contribution in [0.3, 0.4) is 0 Å². The second-order valence-corrected chi connectivity index (χ2v) is 5.11. The minimum absolute atomic E-state index is 0.119. The van der Waals surface area contributed by atoms with E-state index in [1.165, 1.54) is 16.9 Å². The number of nitrogens with two attached hydrogens (primary N) is 1. The highest BCUT2D eigenvalue weighted by Gasteiger charge is 2.08. The van der Waals surface area contributed by atoms with Crippen LogP contribution < -0.4 is 11.1 Å². The summed E-state index contributed by atoms with van der Waals surface area (Å²) < 4.78 is 0. The lowest BCUT2D eigenvalue weighted by Crippen LogP contribution is -2.22. The number of rotatable bonds is 3. The van der Waals surface area contributed by atoms with Gasteiger partial charge in [-0.25, -0.2) is 0 Å². The first-order chi connectivity index (χ1) is 8.56. The summed E-state index contributed by atoms with van der Waals surface area (Å²) in [4.78, 5) is 11.9. The highest BCUT2D eigenvalue weighted by Crippen LogP contribution is 2.12. The number of nitrogen functional groups attached to an aromatic ring is 1. The second kappa shape index (κ2) is 5.14. The summed E-state index contributed by atoms with van der Waals surface area (Å²) in [6.45, 7) is 4.35. The van der Waals surface area contributed by atoms with Crippen molar-refractivity contribution in [3.05, 3.63) is 39.9 Å². The van der Waals surface area contributed by atoms with Crippen LogP contribution in [0.4, 0.5) is 5.13 Å². The summed E-state index contributed by atoms with van der Waals surface area (Å²) >= 11 is 1.27. The normalized spacial score (nSPS) is 10.3. The predicted octanol–water partition coefficient (Wildman–Crippen LogP) is 1.67. The third-order valence-corrected chi connectivity index (χ3v) is 3.40. The number of nitrogens with zero attached hydrogens (tertiary/aromatic N) is 2. The first kappa shape index (κ1) is 12.5. The van der Waals surface area contributed by atoms with Crippen molar-refractivity contribution >= 4 is 22.4 Å². The van der Waals surface area contributed by atoms with E-state index in [1.54, 1.807) is 0 Å². The zero-order valence-corrected chi connectivity index (χ0v) is 11.0. The van der Waals surface area contributed by atoms with E-state index in [-0.39, 0.29) is 5.91 Å². The lowest BCUT2D eigenvalue weighted by Gasteiger charge is -2.05. The molecule has 18 heavy (non-hydrogen) atoms. The molecule has 6 heteroatoms. The zero-order chi connectivity index (χ0) is 13.1. The van der Waals surface area contributed by atoms with Crippen molar-refractivity contribution in [3.63, 3.8) is 0 Å². The minimum Gasteiger partial charge on any atom is -0.374 e. The van der Waals surface area contributed by atoms with Gasteiger partial charge in [-0.3, -0.25) is 4.79 Å². The molecule has 2 aromatic rings. The van der Waals surface area contributed by atoms with Crippen molar-refractivity contribution in [3.8, 4) is 0 Å². The average molecular weight is 262 g/mol. The Labute approximate surface area is 109 Å². The number of benzene rings is 1. The van der Waals surface area contributed by atoms with Crippen molar-refractivity contribution < 1.29 is 4.79 Å². The summed E-state index contributed by atoms with van der Waals surface area (Å²) in [5.74, 6) is -0.119. The Bertz CT molecular complexity index is 579. The maximum absolute atomic E-state index is 11.9. The first-order valence-electron chi connectivity index (χ1n) is 5.49. The largest absolute Gasteiger partial charge is 0.374 e. The molecule has 0 spiro atoms. The van der Waals surface area contributed by atoms with Gasteiger partial charge in [0.05, 0.1) is 6.54 Å². The van der Waals surface area contributed by atoms with Gasteiger partial charge in [-0.2, -0.15) is 0 Å². The fraction of sp³-hybridized carbons (Fsp3) is 0.250. The number of aryl methyl sites for hydroxylation is 2. The molecule has 0 unspecified atom stereocenters. The monoisotopic (exact) mass is 262 g/mol. The number of nitrogens with one attached hydrogen (secondary N) is 1. The van der Waals surface area contributed by atoms with Crippen LogP contribution in [0.1, 0.15) is 26.5 Å². The van der Waals surface area contributed by atoms with Crippen LogP contribution >= 0.6 is 11.3 Å². The number of amides is 1. The van der Waals surface area contributed by atoms with Gasteiger partial charge in [0.25, 0.3) is 5.91 Å². The van der Waals surface area contributed by atoms with Gasteiger partial charge >= 0.3 is 0 Å². The summed E-state index contributed by atoms with van der Waals surface area (Å²) in [5, 5.41) is 11.4. The third-order valence-electron chi connectivity index (χ3n) is 2.65. The molecule has 3 N–H and O–H groups in total. The van der Waals surface area contributed by atoms with E-state index in [1.807, 2.05) is 32.0 Å². The molecule has 0 aliphatic heterocycles. The Kier molecular flexibility index (Phi) is 3.57. The Morgan fingerprint density at radius 2 is 2.11 bits per heavy atom. The number of carbonyl (C=O) groups excluding carboxylic acids is 1. The summed E-state index contributed by atoms with van der Waals surface area (Å²) in [6, 6.07) is 5.62. The molecule has 1 aromatic heterocycles. The molecular formula is C12H14N4OS. The molecular weight excluding hydrogens is 248 g/mol. The average Bonchev–Trinajstić information content (AvgIpc) is 2.75. The van der Waals surface area contributed by atoms with Crippen molar-refractivity contribution in [2.75, 3.05) is 5.73 Å². The molecule has 0 aliphatic rings. The molecule has 1 heterocycles. The SMILES string of the molecule is Cc1ccc(C(=O)NCc2nnc(N)s2)cc1C. The lowest BCUT2D eigenvalue weighted by molar-refractivity contribution is 0.0950. The molecule has 1 aromatic carbocycles. The third kappa shape index (κ3) is 2.84. The zero-order valence-electron chi connectivity index (χ0n) is 10.2. The number of aromatic nitrogens is 2. The van der Waals surface area contributed by atoms with Gasteiger partial charge in [0.1, 0.15) is 5.01 Å². The molecule has 0 saturated heterocycles. The smallest absolute Gasteiger partial charge is 0.251 e. The highest BCUT2D eigenvalue weighted by molar-refractivity contribution is 7.15. The van der Waals surface area contributed by atoms with Crippen LogP contribution in [0.15, 0.2) is 18.2 Å². The summed E-state index contributed by atoms with van der Waals surface area (Å²) in [7, 11) is 0. The van der Waals surface area contributed by atoms with Crippen LogP contribution in [0.25, 0.3) is 0 Å². The van der Waals surface area contributed by atoms with E-state index >= 15 is 0 Å². The van der Waals surface area contributed by atoms with E-state index in [9.17, 15) is 4.79 Å². The van der Waals surface area contributed by atoms with E-state index in [4.69, 9.17) is 5.73 Å². The van der Waals surface area contributed by atoms with Gasteiger partial charge in [-0.05, 0) is 37.1 Å². The van der Waals surface area contributed by atoms with Gasteiger partial charge < -0.3 is 11.1 Å². The molecule has 0 atom stereocenters. The molecule has 0 bridgehead atoms. The van der Waals surface area contributed by atoms with Crippen LogP contribution in [0.5, 0.6) is 0 Å². The number of carbonyl (C=O) groups is 1. The molecule has 94 valence electrons. The quantitative estimate of drug-likeness (QED) is 0.881. The first-order valence-corrected chi connectivity index (χ1v) is 6.31. The van der Waals surface area contributed by atoms with E-state index in [0.717, 1.165) is 5.56 Å². The van der Waals surface area contributed by atoms with Crippen molar-refractivity contribution in [2.45, 2.75) is 20.4 Å². The Morgan fingerprint density at radius 3 is 2.72 bits per heavy atom.